The Balaban J connectivity index is 0.000000345. The van der Waals surface area contributed by atoms with Crippen molar-refractivity contribution in [3.63, 3.8) is 0 Å². The first-order valence-corrected chi connectivity index (χ1v) is 9.88. The number of carbonyl (C=O) groups is 2. The van der Waals surface area contributed by atoms with Crippen molar-refractivity contribution in [2.24, 2.45) is 0 Å². The summed E-state index contributed by atoms with van der Waals surface area (Å²) in [4.78, 5) is 30.2. The van der Waals surface area contributed by atoms with E-state index in [0.717, 1.165) is 45.3 Å². The Morgan fingerprint density at radius 1 is 1.39 bits per heavy atom. The molecule has 10 heteroatoms. The van der Waals surface area contributed by atoms with Gasteiger partial charge in [-0.1, -0.05) is 6.08 Å². The van der Waals surface area contributed by atoms with Gasteiger partial charge >= 0.3 is 12.1 Å². The largest absolute Gasteiger partial charge is 0.490 e. The summed E-state index contributed by atoms with van der Waals surface area (Å²) >= 11 is 1.71. The number of likely N-dealkylation sites (tertiary alicyclic amines) is 2. The zero-order valence-electron chi connectivity index (χ0n) is 15.5. The molecule has 1 spiro atoms. The van der Waals surface area contributed by atoms with Crippen LogP contribution >= 0.6 is 11.3 Å². The van der Waals surface area contributed by atoms with E-state index in [1.54, 1.807) is 11.3 Å². The number of carbonyl (C=O) groups excluding carboxylic acids is 1. The summed E-state index contributed by atoms with van der Waals surface area (Å²) in [5.41, 5.74) is 0.0268. The molecule has 1 unspecified atom stereocenters. The molecular formula is C18H24F3N3O3S. The van der Waals surface area contributed by atoms with E-state index in [4.69, 9.17) is 9.90 Å². The Labute approximate surface area is 165 Å². The second-order valence-electron chi connectivity index (χ2n) is 6.91. The summed E-state index contributed by atoms with van der Waals surface area (Å²) in [7, 11) is 0. The number of amides is 1. The second-order valence-corrected chi connectivity index (χ2v) is 7.89. The molecule has 1 aromatic heterocycles. The molecule has 2 saturated heterocycles. The third kappa shape index (κ3) is 5.78. The average molecular weight is 419 g/mol. The number of nitrogens with zero attached hydrogens (tertiary/aromatic N) is 3. The summed E-state index contributed by atoms with van der Waals surface area (Å²) < 4.78 is 31.7. The van der Waals surface area contributed by atoms with Crippen molar-refractivity contribution in [2.75, 3.05) is 19.6 Å². The third-order valence-corrected chi connectivity index (χ3v) is 5.70. The molecule has 1 atom stereocenters. The van der Waals surface area contributed by atoms with Crippen LogP contribution in [-0.2, 0) is 16.1 Å². The number of rotatable bonds is 4. The van der Waals surface area contributed by atoms with Crippen LogP contribution in [-0.4, -0.2) is 63.1 Å². The average Bonchev–Trinajstić information content (AvgIpc) is 3.11. The summed E-state index contributed by atoms with van der Waals surface area (Å²) in [5, 5.41) is 10.3. The number of hydrogen-bond acceptors (Lipinski definition) is 5. The molecule has 2 aliphatic rings. The first kappa shape index (κ1) is 22.4. The fraction of sp³-hybridized carbons (Fsp3) is 0.611. The summed E-state index contributed by atoms with van der Waals surface area (Å²) in [5.74, 6) is -2.45. The standard InChI is InChI=1S/C16H23N3OS.C2HF3O2/c1-2-9-19-15(20)5-3-6-16(19)7-4-10-18(13-16)12-14-17-8-11-21-14;3-2(4,5)1(6)7/h2,8,11H,1,3-7,9-10,12-13H2;(H,6,7). The number of thiazole rings is 1. The normalized spacial score (nSPS) is 23.2. The molecule has 0 aliphatic carbocycles. The lowest BCUT2D eigenvalue weighted by Crippen LogP contribution is -2.62. The van der Waals surface area contributed by atoms with Crippen molar-refractivity contribution in [1.82, 2.24) is 14.8 Å². The quantitative estimate of drug-likeness (QED) is 0.758. The van der Waals surface area contributed by atoms with Gasteiger partial charge in [-0.2, -0.15) is 13.2 Å². The SMILES string of the molecule is C=CCN1C(=O)CCCC12CCCN(Cc1nccs1)C2.O=C(O)C(F)(F)F. The summed E-state index contributed by atoms with van der Waals surface area (Å²) in [6.45, 7) is 7.51. The Morgan fingerprint density at radius 3 is 2.64 bits per heavy atom. The van der Waals surface area contributed by atoms with Crippen LogP contribution in [0, 0.1) is 0 Å². The van der Waals surface area contributed by atoms with Crippen molar-refractivity contribution in [2.45, 2.75) is 50.4 Å². The molecule has 1 amide bonds. The first-order valence-electron chi connectivity index (χ1n) is 9.00. The molecule has 6 nitrogen and oxygen atoms in total. The second kappa shape index (κ2) is 9.51. The predicted octanol–water partition coefficient (Wildman–Crippen LogP) is 3.31. The molecule has 2 aliphatic heterocycles. The molecule has 156 valence electrons. The van der Waals surface area contributed by atoms with Gasteiger partial charge in [0.25, 0.3) is 0 Å². The lowest BCUT2D eigenvalue weighted by atomic mass is 9.79. The van der Waals surface area contributed by atoms with Crippen LogP contribution in [0.3, 0.4) is 0 Å². The van der Waals surface area contributed by atoms with E-state index in [1.165, 1.54) is 5.01 Å². The van der Waals surface area contributed by atoms with E-state index < -0.39 is 12.1 Å². The van der Waals surface area contributed by atoms with Gasteiger partial charge in [0, 0.05) is 31.1 Å². The maximum absolute atomic E-state index is 12.3. The van der Waals surface area contributed by atoms with Crippen molar-refractivity contribution in [3.8, 4) is 0 Å². The van der Waals surface area contributed by atoms with Gasteiger partial charge in [0.1, 0.15) is 5.01 Å². The van der Waals surface area contributed by atoms with Gasteiger partial charge in [-0.25, -0.2) is 9.78 Å². The van der Waals surface area contributed by atoms with Crippen molar-refractivity contribution < 1.29 is 27.9 Å². The molecule has 0 saturated carbocycles. The van der Waals surface area contributed by atoms with E-state index in [9.17, 15) is 18.0 Å². The molecule has 3 heterocycles. The van der Waals surface area contributed by atoms with Crippen LogP contribution in [0.4, 0.5) is 13.2 Å². The fourth-order valence-electron chi connectivity index (χ4n) is 3.82. The molecule has 0 radical (unpaired) electrons. The molecule has 1 aromatic rings. The van der Waals surface area contributed by atoms with Gasteiger partial charge in [0.2, 0.25) is 5.91 Å². The highest BCUT2D eigenvalue weighted by atomic mass is 32.1. The number of aliphatic carboxylic acids is 1. The molecule has 1 N–H and O–H groups in total. The van der Waals surface area contributed by atoms with E-state index >= 15 is 0 Å². The lowest BCUT2D eigenvalue weighted by molar-refractivity contribution is -0.192. The maximum Gasteiger partial charge on any atom is 0.490 e. The smallest absolute Gasteiger partial charge is 0.475 e. The van der Waals surface area contributed by atoms with Crippen LogP contribution in [0.25, 0.3) is 0 Å². The monoisotopic (exact) mass is 419 g/mol. The van der Waals surface area contributed by atoms with Gasteiger partial charge in [0.05, 0.1) is 12.1 Å². The first-order chi connectivity index (χ1) is 13.2. The van der Waals surface area contributed by atoms with E-state index in [-0.39, 0.29) is 5.54 Å². The molecular weight excluding hydrogens is 395 g/mol. The Kier molecular flexibility index (Phi) is 7.59. The highest BCUT2D eigenvalue weighted by molar-refractivity contribution is 7.09. The third-order valence-electron chi connectivity index (χ3n) is 4.94. The highest BCUT2D eigenvalue weighted by Gasteiger charge is 2.44. The van der Waals surface area contributed by atoms with Gasteiger partial charge in [-0.15, -0.1) is 17.9 Å². The van der Waals surface area contributed by atoms with Crippen LogP contribution in [0.1, 0.15) is 37.1 Å². The van der Waals surface area contributed by atoms with Gasteiger partial charge in [-0.3, -0.25) is 9.69 Å². The van der Waals surface area contributed by atoms with Gasteiger partial charge in [-0.05, 0) is 32.2 Å². The minimum Gasteiger partial charge on any atom is -0.475 e. The predicted molar refractivity (Wildman–Crippen MR) is 98.8 cm³/mol. The number of aromatic nitrogens is 1. The topological polar surface area (TPSA) is 73.7 Å². The van der Waals surface area contributed by atoms with Crippen molar-refractivity contribution in [3.05, 3.63) is 29.2 Å². The number of piperidine rings is 2. The minimum atomic E-state index is -5.08. The highest BCUT2D eigenvalue weighted by Crippen LogP contribution is 2.37. The number of carboxylic acid groups (broad SMARTS) is 1. The molecule has 2 fully saturated rings. The molecule has 0 bridgehead atoms. The number of hydrogen-bond donors (Lipinski definition) is 1. The lowest BCUT2D eigenvalue weighted by Gasteiger charge is -2.52. The zero-order valence-corrected chi connectivity index (χ0v) is 16.3. The van der Waals surface area contributed by atoms with E-state index in [2.05, 4.69) is 21.4 Å². The van der Waals surface area contributed by atoms with Crippen LogP contribution in [0.2, 0.25) is 0 Å². The van der Waals surface area contributed by atoms with Gasteiger partial charge in [0.15, 0.2) is 0 Å². The van der Waals surface area contributed by atoms with Gasteiger partial charge < -0.3 is 10.0 Å². The fourth-order valence-corrected chi connectivity index (χ4v) is 4.47. The van der Waals surface area contributed by atoms with Crippen molar-refractivity contribution >= 4 is 23.2 Å². The van der Waals surface area contributed by atoms with Crippen LogP contribution in [0.15, 0.2) is 24.2 Å². The Hall–Kier alpha value is -1.94. The van der Waals surface area contributed by atoms with Crippen LogP contribution < -0.4 is 0 Å². The number of halogens is 3. The molecule has 28 heavy (non-hydrogen) atoms. The van der Waals surface area contributed by atoms with Crippen molar-refractivity contribution in [1.29, 1.82) is 0 Å². The zero-order chi connectivity index (χ0) is 20.8. The van der Waals surface area contributed by atoms with E-state index in [1.807, 2.05) is 17.7 Å². The summed E-state index contributed by atoms with van der Waals surface area (Å²) in [6.07, 6.45) is 3.78. The molecule has 3 rings (SSSR count). The summed E-state index contributed by atoms with van der Waals surface area (Å²) in [6, 6.07) is 0. The molecule has 0 aromatic carbocycles. The van der Waals surface area contributed by atoms with E-state index in [0.29, 0.717) is 18.9 Å². The maximum atomic E-state index is 12.3. The Bertz CT molecular complexity index is 677. The number of alkyl halides is 3. The minimum absolute atomic E-state index is 0.0268. The Morgan fingerprint density at radius 2 is 2.07 bits per heavy atom. The van der Waals surface area contributed by atoms with Crippen LogP contribution in [0.5, 0.6) is 0 Å². The number of carboxylic acids is 1.